The van der Waals surface area contributed by atoms with Gasteiger partial charge in [-0.1, -0.05) is 28.1 Å². The molecule has 0 spiro atoms. The van der Waals surface area contributed by atoms with Crippen molar-refractivity contribution in [3.63, 3.8) is 0 Å². The maximum atomic E-state index is 12.8. The zero-order valence-electron chi connectivity index (χ0n) is 10.9. The lowest BCUT2D eigenvalue weighted by atomic mass is 10.1. The zero-order chi connectivity index (χ0) is 14.5. The molecular formula is C15H15BrFNO2. The van der Waals surface area contributed by atoms with Gasteiger partial charge in [0.05, 0.1) is 18.9 Å². The standard InChI is InChI=1S/C15H15BrFNO2/c1-20-15-7-4-11(16)8-13(15)18-9-14(19)10-2-5-12(17)6-3-10/h2-8,14,18-19H,9H2,1H3. The lowest BCUT2D eigenvalue weighted by Gasteiger charge is -2.15. The van der Waals surface area contributed by atoms with Gasteiger partial charge in [-0.25, -0.2) is 4.39 Å². The summed E-state index contributed by atoms with van der Waals surface area (Å²) in [6.07, 6.45) is -0.723. The first-order chi connectivity index (χ1) is 9.60. The van der Waals surface area contributed by atoms with Gasteiger partial charge in [0.1, 0.15) is 11.6 Å². The smallest absolute Gasteiger partial charge is 0.142 e. The number of hydrogen-bond acceptors (Lipinski definition) is 3. The molecule has 5 heteroatoms. The van der Waals surface area contributed by atoms with Crippen molar-refractivity contribution in [2.24, 2.45) is 0 Å². The van der Waals surface area contributed by atoms with Crippen molar-refractivity contribution in [1.82, 2.24) is 0 Å². The third kappa shape index (κ3) is 3.71. The molecule has 2 aromatic rings. The Bertz CT molecular complexity index is 575. The quantitative estimate of drug-likeness (QED) is 0.871. The summed E-state index contributed by atoms with van der Waals surface area (Å²) >= 11 is 3.39. The van der Waals surface area contributed by atoms with E-state index in [1.165, 1.54) is 12.1 Å². The van der Waals surface area contributed by atoms with Crippen LogP contribution < -0.4 is 10.1 Å². The summed E-state index contributed by atoms with van der Waals surface area (Å²) in [4.78, 5) is 0. The number of ether oxygens (including phenoxy) is 1. The van der Waals surface area contributed by atoms with E-state index in [2.05, 4.69) is 21.2 Å². The van der Waals surface area contributed by atoms with Gasteiger partial charge >= 0.3 is 0 Å². The van der Waals surface area contributed by atoms with E-state index in [9.17, 15) is 9.50 Å². The predicted octanol–water partition coefficient (Wildman–Crippen LogP) is 3.74. The molecule has 1 atom stereocenters. The topological polar surface area (TPSA) is 41.5 Å². The SMILES string of the molecule is COc1ccc(Br)cc1NCC(O)c1ccc(F)cc1. The molecule has 0 fully saturated rings. The Morgan fingerprint density at radius 2 is 1.95 bits per heavy atom. The van der Waals surface area contributed by atoms with E-state index in [4.69, 9.17) is 4.74 Å². The third-order valence-electron chi connectivity index (χ3n) is 2.90. The van der Waals surface area contributed by atoms with Crippen molar-refractivity contribution < 1.29 is 14.2 Å². The van der Waals surface area contributed by atoms with Crippen LogP contribution in [0.2, 0.25) is 0 Å². The van der Waals surface area contributed by atoms with Crippen LogP contribution in [0.3, 0.4) is 0 Å². The van der Waals surface area contributed by atoms with Crippen molar-refractivity contribution in [3.05, 3.63) is 58.3 Å². The fourth-order valence-electron chi connectivity index (χ4n) is 1.83. The molecule has 0 saturated heterocycles. The van der Waals surface area contributed by atoms with E-state index in [1.54, 1.807) is 19.2 Å². The van der Waals surface area contributed by atoms with Crippen LogP contribution in [0.15, 0.2) is 46.9 Å². The highest BCUT2D eigenvalue weighted by atomic mass is 79.9. The monoisotopic (exact) mass is 339 g/mol. The number of benzene rings is 2. The molecule has 2 N–H and O–H groups in total. The first-order valence-corrected chi connectivity index (χ1v) is 6.90. The molecule has 0 heterocycles. The molecule has 0 amide bonds. The van der Waals surface area contributed by atoms with Gasteiger partial charge in [-0.05, 0) is 35.9 Å². The average molecular weight is 340 g/mol. The largest absolute Gasteiger partial charge is 0.495 e. The predicted molar refractivity (Wildman–Crippen MR) is 80.5 cm³/mol. The van der Waals surface area contributed by atoms with Crippen LogP contribution in [0, 0.1) is 5.82 Å². The lowest BCUT2D eigenvalue weighted by Crippen LogP contribution is -2.12. The molecule has 3 nitrogen and oxygen atoms in total. The number of halogens is 2. The van der Waals surface area contributed by atoms with Crippen molar-refractivity contribution in [2.45, 2.75) is 6.10 Å². The minimum atomic E-state index is -0.723. The highest BCUT2D eigenvalue weighted by Crippen LogP contribution is 2.28. The average Bonchev–Trinajstić information content (AvgIpc) is 2.45. The van der Waals surface area contributed by atoms with Gasteiger partial charge in [-0.15, -0.1) is 0 Å². The van der Waals surface area contributed by atoms with E-state index in [0.29, 0.717) is 17.9 Å². The van der Waals surface area contributed by atoms with Gasteiger partial charge in [0.2, 0.25) is 0 Å². The maximum Gasteiger partial charge on any atom is 0.142 e. The molecule has 0 bridgehead atoms. The maximum absolute atomic E-state index is 12.8. The van der Waals surface area contributed by atoms with Gasteiger partial charge in [-0.3, -0.25) is 0 Å². The summed E-state index contributed by atoms with van der Waals surface area (Å²) in [5, 5.41) is 13.2. The summed E-state index contributed by atoms with van der Waals surface area (Å²) < 4.78 is 19.0. The third-order valence-corrected chi connectivity index (χ3v) is 3.40. The minimum Gasteiger partial charge on any atom is -0.495 e. The summed E-state index contributed by atoms with van der Waals surface area (Å²) in [5.41, 5.74) is 1.44. The van der Waals surface area contributed by atoms with Gasteiger partial charge in [0.15, 0.2) is 0 Å². The Balaban J connectivity index is 2.04. The normalized spacial score (nSPS) is 12.0. The Hall–Kier alpha value is -1.59. The second-order valence-corrected chi connectivity index (χ2v) is 5.21. The molecule has 2 aromatic carbocycles. The van der Waals surface area contributed by atoms with Crippen LogP contribution in [-0.2, 0) is 0 Å². The minimum absolute atomic E-state index is 0.304. The number of aliphatic hydroxyl groups is 1. The molecule has 0 saturated carbocycles. The Morgan fingerprint density at radius 1 is 1.25 bits per heavy atom. The summed E-state index contributed by atoms with van der Waals surface area (Å²) in [5.74, 6) is 0.377. The molecular weight excluding hydrogens is 325 g/mol. The molecule has 1 unspecified atom stereocenters. The molecule has 0 aromatic heterocycles. The van der Waals surface area contributed by atoms with E-state index < -0.39 is 6.10 Å². The van der Waals surface area contributed by atoms with E-state index in [1.807, 2.05) is 18.2 Å². The fourth-order valence-corrected chi connectivity index (χ4v) is 2.19. The first-order valence-electron chi connectivity index (χ1n) is 6.11. The lowest BCUT2D eigenvalue weighted by molar-refractivity contribution is 0.191. The first kappa shape index (κ1) is 14.8. The molecule has 0 aliphatic heterocycles. The second-order valence-electron chi connectivity index (χ2n) is 4.29. The summed E-state index contributed by atoms with van der Waals surface area (Å²) in [6.45, 7) is 0.304. The van der Waals surface area contributed by atoms with Crippen LogP contribution in [0.5, 0.6) is 5.75 Å². The molecule has 0 radical (unpaired) electrons. The molecule has 2 rings (SSSR count). The zero-order valence-corrected chi connectivity index (χ0v) is 12.5. The molecule has 0 aliphatic rings. The van der Waals surface area contributed by atoms with Gasteiger partial charge < -0.3 is 15.2 Å². The van der Waals surface area contributed by atoms with Gasteiger partial charge in [0.25, 0.3) is 0 Å². The van der Waals surface area contributed by atoms with Crippen molar-refractivity contribution in [2.75, 3.05) is 19.0 Å². The van der Waals surface area contributed by atoms with Gasteiger partial charge in [-0.2, -0.15) is 0 Å². The van der Waals surface area contributed by atoms with E-state index in [0.717, 1.165) is 10.2 Å². The van der Waals surface area contributed by atoms with Crippen molar-refractivity contribution >= 4 is 21.6 Å². The number of aliphatic hydroxyl groups excluding tert-OH is 1. The van der Waals surface area contributed by atoms with Crippen LogP contribution in [0.1, 0.15) is 11.7 Å². The van der Waals surface area contributed by atoms with Crippen molar-refractivity contribution in [3.8, 4) is 5.75 Å². The number of rotatable bonds is 5. The van der Waals surface area contributed by atoms with Crippen molar-refractivity contribution in [1.29, 1.82) is 0 Å². The fraction of sp³-hybridized carbons (Fsp3) is 0.200. The second kappa shape index (κ2) is 6.72. The van der Waals surface area contributed by atoms with Crippen LogP contribution in [-0.4, -0.2) is 18.8 Å². The molecule has 20 heavy (non-hydrogen) atoms. The van der Waals surface area contributed by atoms with Crippen LogP contribution in [0.25, 0.3) is 0 Å². The summed E-state index contributed by atoms with van der Waals surface area (Å²) in [6, 6.07) is 11.4. The van der Waals surface area contributed by atoms with Crippen LogP contribution >= 0.6 is 15.9 Å². The Labute approximate surface area is 125 Å². The highest BCUT2D eigenvalue weighted by molar-refractivity contribution is 9.10. The highest BCUT2D eigenvalue weighted by Gasteiger charge is 2.09. The molecule has 0 aliphatic carbocycles. The number of nitrogens with one attached hydrogen (secondary N) is 1. The van der Waals surface area contributed by atoms with Gasteiger partial charge in [0, 0.05) is 11.0 Å². The Morgan fingerprint density at radius 3 is 2.60 bits per heavy atom. The number of methoxy groups -OCH3 is 1. The van der Waals surface area contributed by atoms with E-state index in [-0.39, 0.29) is 5.82 Å². The Kier molecular flexibility index (Phi) is 4.98. The van der Waals surface area contributed by atoms with E-state index >= 15 is 0 Å². The number of anilines is 1. The number of hydrogen-bond donors (Lipinski definition) is 2. The van der Waals surface area contributed by atoms with Crippen LogP contribution in [0.4, 0.5) is 10.1 Å². The molecule has 106 valence electrons. The summed E-state index contributed by atoms with van der Waals surface area (Å²) in [7, 11) is 1.59.